The first-order chi connectivity index (χ1) is 13.9. The molecule has 0 saturated carbocycles. The van der Waals surface area contributed by atoms with Gasteiger partial charge < -0.3 is 4.74 Å². The number of imide groups is 1. The Balaban J connectivity index is 1.93. The van der Waals surface area contributed by atoms with Crippen LogP contribution in [0.4, 0.5) is 4.39 Å². The summed E-state index contributed by atoms with van der Waals surface area (Å²) < 4.78 is 18.8. The van der Waals surface area contributed by atoms with Crippen molar-refractivity contribution in [2.45, 2.75) is 18.5 Å². The summed E-state index contributed by atoms with van der Waals surface area (Å²) in [6.45, 7) is 1.82. The first-order valence-corrected chi connectivity index (χ1v) is 9.49. The molecule has 2 heterocycles. The lowest BCUT2D eigenvalue weighted by molar-refractivity contribution is -0.156. The van der Waals surface area contributed by atoms with Crippen LogP contribution in [0.5, 0.6) is 0 Å². The molecule has 150 valence electrons. The normalized spacial score (nSPS) is 28.5. The molecule has 2 amide bonds. The number of nitrogens with zero attached hydrogens (tertiary/aromatic N) is 1. The number of esters is 1. The van der Waals surface area contributed by atoms with Crippen LogP contribution in [0.1, 0.15) is 24.1 Å². The molecule has 0 bridgehead atoms. The number of rotatable bonds is 4. The summed E-state index contributed by atoms with van der Waals surface area (Å²) in [5.74, 6) is -3.59. The molecule has 0 spiro atoms. The van der Waals surface area contributed by atoms with Crippen molar-refractivity contribution in [3.05, 3.63) is 71.5 Å². The molecule has 2 aliphatic heterocycles. The predicted octanol–water partition coefficient (Wildman–Crippen LogP) is 2.16. The number of carbonyl (C=O) groups excluding carboxylic acids is 3. The van der Waals surface area contributed by atoms with E-state index in [1.165, 1.54) is 19.2 Å². The summed E-state index contributed by atoms with van der Waals surface area (Å²) in [4.78, 5) is 40.5. The van der Waals surface area contributed by atoms with E-state index in [1.54, 1.807) is 49.4 Å². The van der Waals surface area contributed by atoms with Gasteiger partial charge in [-0.05, 0) is 30.2 Å². The number of benzene rings is 2. The minimum Gasteiger partial charge on any atom is -0.464 e. The molecule has 2 aliphatic rings. The molecule has 2 aromatic carbocycles. The average Bonchev–Trinajstić information content (AvgIpc) is 3.20. The van der Waals surface area contributed by atoms with E-state index in [9.17, 15) is 18.8 Å². The second-order valence-corrected chi connectivity index (χ2v) is 7.31. The Hall–Kier alpha value is -3.06. The van der Waals surface area contributed by atoms with Gasteiger partial charge in [0.05, 0.1) is 18.4 Å². The highest BCUT2D eigenvalue weighted by atomic mass is 19.1. The highest BCUT2D eigenvalue weighted by Gasteiger charge is 2.69. The van der Waals surface area contributed by atoms with Gasteiger partial charge in [0.1, 0.15) is 5.82 Å². The third kappa shape index (κ3) is 2.76. The fourth-order valence-corrected chi connectivity index (χ4v) is 4.52. The molecular weight excluding hydrogens is 375 g/mol. The maximum absolute atomic E-state index is 13.5. The fourth-order valence-electron chi connectivity index (χ4n) is 4.52. The second kappa shape index (κ2) is 7.08. The van der Waals surface area contributed by atoms with Crippen LogP contribution in [-0.4, -0.2) is 36.3 Å². The van der Waals surface area contributed by atoms with Crippen LogP contribution in [0.2, 0.25) is 0 Å². The minimum absolute atomic E-state index is 0.131. The van der Waals surface area contributed by atoms with Crippen molar-refractivity contribution in [3.8, 4) is 0 Å². The topological polar surface area (TPSA) is 75.7 Å². The summed E-state index contributed by atoms with van der Waals surface area (Å²) in [6.07, 6.45) is 0. The van der Waals surface area contributed by atoms with Gasteiger partial charge in [-0.1, -0.05) is 42.5 Å². The van der Waals surface area contributed by atoms with E-state index in [1.807, 2.05) is 0 Å². The van der Waals surface area contributed by atoms with Gasteiger partial charge >= 0.3 is 5.97 Å². The first kappa shape index (κ1) is 19.3. The molecule has 7 heteroatoms. The zero-order chi connectivity index (χ0) is 20.8. The number of hydrogen-bond donors (Lipinski definition) is 1. The van der Waals surface area contributed by atoms with Gasteiger partial charge in [0.2, 0.25) is 11.8 Å². The smallest absolute Gasteiger partial charge is 0.331 e. The quantitative estimate of drug-likeness (QED) is 0.633. The number of halogens is 1. The van der Waals surface area contributed by atoms with Crippen molar-refractivity contribution in [2.24, 2.45) is 11.8 Å². The number of carbonyl (C=O) groups is 3. The molecule has 0 aromatic heterocycles. The summed E-state index contributed by atoms with van der Waals surface area (Å²) in [7, 11) is 1.42. The van der Waals surface area contributed by atoms with Gasteiger partial charge in [0.15, 0.2) is 5.54 Å². The van der Waals surface area contributed by atoms with Crippen LogP contribution in [0, 0.1) is 17.7 Å². The van der Waals surface area contributed by atoms with Crippen LogP contribution in [0.15, 0.2) is 54.6 Å². The van der Waals surface area contributed by atoms with Crippen molar-refractivity contribution in [3.63, 3.8) is 0 Å². The van der Waals surface area contributed by atoms with Gasteiger partial charge in [-0.3, -0.25) is 19.8 Å². The Morgan fingerprint density at radius 3 is 2.38 bits per heavy atom. The number of ether oxygens (including phenoxy) is 1. The monoisotopic (exact) mass is 396 g/mol. The maximum atomic E-state index is 13.5. The summed E-state index contributed by atoms with van der Waals surface area (Å²) in [6, 6.07) is 13.9. The largest absolute Gasteiger partial charge is 0.464 e. The lowest BCUT2D eigenvalue weighted by Crippen LogP contribution is -2.53. The van der Waals surface area contributed by atoms with Crippen molar-refractivity contribution >= 4 is 17.8 Å². The van der Waals surface area contributed by atoms with Gasteiger partial charge in [-0.15, -0.1) is 0 Å². The van der Waals surface area contributed by atoms with Crippen LogP contribution in [-0.2, 0) is 24.7 Å². The molecule has 2 fully saturated rings. The second-order valence-electron chi connectivity index (χ2n) is 7.31. The van der Waals surface area contributed by atoms with Crippen LogP contribution in [0.3, 0.4) is 0 Å². The standard InChI is InChI=1S/C22H21FN2O4/c1-3-29-21(28)22(14-7-5-4-6-8-14)17-16(19(26)25(2)20(17)27)18(24-22)13-9-11-15(23)12-10-13/h4-12,16-18,24H,3H2,1-2H3/t16-,17+,18-,22+/m0/s1. The maximum Gasteiger partial charge on any atom is 0.331 e. The van der Waals surface area contributed by atoms with Crippen molar-refractivity contribution in [1.82, 2.24) is 10.2 Å². The summed E-state index contributed by atoms with van der Waals surface area (Å²) in [5.41, 5.74) is -0.340. The average molecular weight is 396 g/mol. The lowest BCUT2D eigenvalue weighted by Gasteiger charge is -2.33. The lowest BCUT2D eigenvalue weighted by atomic mass is 9.75. The highest BCUT2D eigenvalue weighted by Crippen LogP contribution is 2.53. The van der Waals surface area contributed by atoms with E-state index in [-0.39, 0.29) is 12.5 Å². The minimum atomic E-state index is -1.52. The van der Waals surface area contributed by atoms with Gasteiger partial charge in [0.25, 0.3) is 0 Å². The first-order valence-electron chi connectivity index (χ1n) is 9.49. The Morgan fingerprint density at radius 1 is 1.10 bits per heavy atom. The van der Waals surface area contributed by atoms with E-state index in [2.05, 4.69) is 5.32 Å². The van der Waals surface area contributed by atoms with Crippen molar-refractivity contribution in [1.29, 1.82) is 0 Å². The summed E-state index contributed by atoms with van der Waals surface area (Å²) >= 11 is 0. The molecule has 6 nitrogen and oxygen atoms in total. The van der Waals surface area contributed by atoms with Gasteiger partial charge in [-0.2, -0.15) is 0 Å². The molecular formula is C22H21FN2O4. The zero-order valence-electron chi connectivity index (χ0n) is 16.1. The molecule has 1 N–H and O–H groups in total. The Labute approximate surface area is 167 Å². The number of nitrogens with one attached hydrogen (secondary N) is 1. The Morgan fingerprint density at radius 2 is 1.76 bits per heavy atom. The Kier molecular flexibility index (Phi) is 4.70. The number of likely N-dealkylation sites (tertiary alicyclic amines) is 1. The highest BCUT2D eigenvalue weighted by molar-refractivity contribution is 6.09. The van der Waals surface area contributed by atoms with E-state index >= 15 is 0 Å². The SMILES string of the molecule is CCOC(=O)[C@]1(c2ccccc2)N[C@@H](c2ccc(F)cc2)[C@H]2C(=O)N(C)C(=O)[C@@H]21. The molecule has 0 unspecified atom stereocenters. The molecule has 29 heavy (non-hydrogen) atoms. The third-order valence-electron chi connectivity index (χ3n) is 5.84. The number of amides is 2. The third-order valence-corrected chi connectivity index (χ3v) is 5.84. The zero-order valence-corrected chi connectivity index (χ0v) is 16.1. The van der Waals surface area contributed by atoms with Crippen LogP contribution >= 0.6 is 0 Å². The number of hydrogen-bond acceptors (Lipinski definition) is 5. The molecule has 0 aliphatic carbocycles. The van der Waals surface area contributed by atoms with E-state index in [0.29, 0.717) is 11.1 Å². The van der Waals surface area contributed by atoms with Crippen LogP contribution < -0.4 is 5.32 Å². The van der Waals surface area contributed by atoms with E-state index < -0.39 is 41.1 Å². The molecule has 2 aromatic rings. The predicted molar refractivity (Wildman–Crippen MR) is 102 cm³/mol. The number of fused-ring (bicyclic) bond motifs is 1. The van der Waals surface area contributed by atoms with Gasteiger partial charge in [-0.25, -0.2) is 9.18 Å². The van der Waals surface area contributed by atoms with Crippen molar-refractivity contribution in [2.75, 3.05) is 13.7 Å². The van der Waals surface area contributed by atoms with E-state index in [0.717, 1.165) is 4.90 Å². The molecule has 2 saturated heterocycles. The Bertz CT molecular complexity index is 963. The van der Waals surface area contributed by atoms with Gasteiger partial charge in [0, 0.05) is 13.1 Å². The van der Waals surface area contributed by atoms with E-state index in [4.69, 9.17) is 4.74 Å². The molecule has 0 radical (unpaired) electrons. The van der Waals surface area contributed by atoms with Crippen molar-refractivity contribution < 1.29 is 23.5 Å². The van der Waals surface area contributed by atoms with Crippen LogP contribution in [0.25, 0.3) is 0 Å². The molecule has 4 atom stereocenters. The summed E-state index contributed by atoms with van der Waals surface area (Å²) in [5, 5.41) is 3.26. The fraction of sp³-hybridized carbons (Fsp3) is 0.318. The molecule has 4 rings (SSSR count).